The van der Waals surface area contributed by atoms with Crippen LogP contribution >= 0.6 is 18.7 Å². The van der Waals surface area contributed by atoms with Crippen molar-refractivity contribution < 1.29 is 18.6 Å². The second kappa shape index (κ2) is 7.74. The van der Waals surface area contributed by atoms with Gasteiger partial charge >= 0.3 is 6.09 Å². The highest BCUT2D eigenvalue weighted by Crippen LogP contribution is 2.71. The summed E-state index contributed by atoms with van der Waals surface area (Å²) in [4.78, 5) is 16.6. The van der Waals surface area contributed by atoms with Crippen LogP contribution in [0.1, 0.15) is 18.9 Å². The first-order valence-corrected chi connectivity index (χ1v) is 10.8. The lowest BCUT2D eigenvalue weighted by Gasteiger charge is -2.27. The number of amides is 1. The molecule has 26 heavy (non-hydrogen) atoms. The molecule has 1 unspecified atom stereocenters. The van der Waals surface area contributed by atoms with Crippen LogP contribution in [-0.4, -0.2) is 23.0 Å². The van der Waals surface area contributed by atoms with Gasteiger partial charge in [-0.25, -0.2) is 9.78 Å². The summed E-state index contributed by atoms with van der Waals surface area (Å²) >= 11 is 1.26. The van der Waals surface area contributed by atoms with Gasteiger partial charge in [0, 0.05) is 17.5 Å². The third-order valence-electron chi connectivity index (χ3n) is 4.31. The van der Waals surface area contributed by atoms with Crippen molar-refractivity contribution >= 4 is 29.5 Å². The second-order valence-electron chi connectivity index (χ2n) is 5.94. The summed E-state index contributed by atoms with van der Waals surface area (Å²) in [6.45, 7) is 5.95. The minimum Gasteiger partial charge on any atom is -0.445 e. The van der Waals surface area contributed by atoms with Crippen molar-refractivity contribution in [3.8, 4) is 0 Å². The van der Waals surface area contributed by atoms with E-state index in [9.17, 15) is 9.36 Å². The standard InChI is InChI=1S/C18H21N2O4PS/c1-3-15-12-18(15,25(22,24-4-2)17-19-10-11-26-17)20-16(21)23-13-14-8-6-5-7-9-14/h3,5-11,15H,1,4,12-13H2,2H3,(H,20,21)/t15-,18+,25?/m1/s1. The average Bonchev–Trinajstić information content (AvgIpc) is 3.09. The van der Waals surface area contributed by atoms with Crippen LogP contribution in [0, 0.1) is 5.92 Å². The monoisotopic (exact) mass is 392 g/mol. The number of aromatic nitrogens is 1. The smallest absolute Gasteiger partial charge is 0.408 e. The van der Waals surface area contributed by atoms with E-state index in [1.165, 1.54) is 11.3 Å². The largest absolute Gasteiger partial charge is 0.445 e. The van der Waals surface area contributed by atoms with Gasteiger partial charge in [0.15, 0.2) is 4.75 Å². The summed E-state index contributed by atoms with van der Waals surface area (Å²) in [5.41, 5.74) is 0.876. The van der Waals surface area contributed by atoms with Gasteiger partial charge in [0.05, 0.1) is 6.61 Å². The molecule has 1 aromatic carbocycles. The first kappa shape index (κ1) is 18.8. The van der Waals surface area contributed by atoms with Gasteiger partial charge in [-0.15, -0.1) is 17.9 Å². The van der Waals surface area contributed by atoms with Gasteiger partial charge in [0.2, 0.25) is 0 Å². The minimum atomic E-state index is -3.41. The summed E-state index contributed by atoms with van der Waals surface area (Å²) in [6, 6.07) is 9.38. The molecule has 1 aromatic heterocycles. The van der Waals surface area contributed by atoms with Crippen molar-refractivity contribution in [2.45, 2.75) is 25.2 Å². The molecule has 0 spiro atoms. The van der Waals surface area contributed by atoms with Crippen molar-refractivity contribution in [3.05, 3.63) is 60.1 Å². The fourth-order valence-electron chi connectivity index (χ4n) is 2.93. The van der Waals surface area contributed by atoms with Gasteiger partial charge in [-0.2, -0.15) is 0 Å². The number of nitrogens with zero attached hydrogens (tertiary/aromatic N) is 1. The molecule has 6 nitrogen and oxygen atoms in total. The van der Waals surface area contributed by atoms with Crippen LogP contribution in [0.25, 0.3) is 0 Å². The zero-order chi connectivity index (χ0) is 18.6. The van der Waals surface area contributed by atoms with Crippen LogP contribution in [0.15, 0.2) is 54.6 Å². The predicted molar refractivity (Wildman–Crippen MR) is 102 cm³/mol. The number of hydrogen-bond acceptors (Lipinski definition) is 6. The Balaban J connectivity index is 1.78. The maximum Gasteiger partial charge on any atom is 0.408 e. The third-order valence-corrected chi connectivity index (χ3v) is 8.84. The number of alkyl carbamates (subject to hydrolysis) is 1. The Morgan fingerprint density at radius 2 is 2.27 bits per heavy atom. The Morgan fingerprint density at radius 1 is 1.50 bits per heavy atom. The highest BCUT2D eigenvalue weighted by molar-refractivity contribution is 7.74. The topological polar surface area (TPSA) is 77.5 Å². The van der Waals surface area contributed by atoms with E-state index >= 15 is 0 Å². The van der Waals surface area contributed by atoms with Crippen molar-refractivity contribution in [1.82, 2.24) is 10.3 Å². The zero-order valence-corrected chi connectivity index (χ0v) is 16.2. The van der Waals surface area contributed by atoms with Crippen molar-refractivity contribution in [2.75, 3.05) is 6.61 Å². The highest BCUT2D eigenvalue weighted by atomic mass is 32.1. The lowest BCUT2D eigenvalue weighted by Crippen LogP contribution is -2.41. The zero-order valence-electron chi connectivity index (χ0n) is 14.5. The van der Waals surface area contributed by atoms with Gasteiger partial charge < -0.3 is 14.6 Å². The molecule has 1 amide bonds. The summed E-state index contributed by atoms with van der Waals surface area (Å²) in [6.07, 6.45) is 3.12. The Kier molecular flexibility index (Phi) is 5.61. The Hall–Kier alpha value is -1.95. The fourth-order valence-corrected chi connectivity index (χ4v) is 7.16. The Morgan fingerprint density at radius 3 is 2.85 bits per heavy atom. The van der Waals surface area contributed by atoms with Crippen LogP contribution < -0.4 is 10.1 Å². The number of ether oxygens (including phenoxy) is 1. The lowest BCUT2D eigenvalue weighted by atomic mass is 10.2. The van der Waals surface area contributed by atoms with Crippen LogP contribution in [0.5, 0.6) is 0 Å². The predicted octanol–water partition coefficient (Wildman–Crippen LogP) is 3.91. The van der Waals surface area contributed by atoms with Gasteiger partial charge in [0.1, 0.15) is 11.9 Å². The average molecular weight is 392 g/mol. The Labute approximate surface area is 156 Å². The number of rotatable bonds is 8. The molecule has 1 aliphatic rings. The van der Waals surface area contributed by atoms with Gasteiger partial charge in [-0.05, 0) is 18.9 Å². The van der Waals surface area contributed by atoms with Gasteiger partial charge in [-0.1, -0.05) is 36.4 Å². The summed E-state index contributed by atoms with van der Waals surface area (Å²) in [5.74, 6) is -0.159. The van der Waals surface area contributed by atoms with Gasteiger partial charge in [0.25, 0.3) is 7.37 Å². The van der Waals surface area contributed by atoms with Gasteiger partial charge in [-0.3, -0.25) is 4.57 Å². The third kappa shape index (κ3) is 3.47. The Bertz CT molecular complexity index is 812. The molecule has 1 saturated carbocycles. The number of carbonyl (C=O) groups is 1. The fraction of sp³-hybridized carbons (Fsp3) is 0.333. The molecule has 8 heteroatoms. The second-order valence-corrected chi connectivity index (χ2v) is 9.72. The van der Waals surface area contributed by atoms with E-state index in [0.717, 1.165) is 5.56 Å². The molecular weight excluding hydrogens is 371 g/mol. The molecule has 0 radical (unpaired) electrons. The van der Waals surface area contributed by atoms with E-state index in [2.05, 4.69) is 16.9 Å². The first-order chi connectivity index (χ1) is 12.6. The summed E-state index contributed by atoms with van der Waals surface area (Å²) in [7, 11) is -3.41. The molecule has 3 atom stereocenters. The normalized spacial score (nSPS) is 23.7. The number of carbonyl (C=O) groups excluding carboxylic acids is 1. The molecule has 1 aliphatic carbocycles. The molecule has 138 valence electrons. The minimum absolute atomic E-state index is 0.137. The molecule has 0 aliphatic heterocycles. The summed E-state index contributed by atoms with van der Waals surface area (Å²) < 4.78 is 25.1. The van der Waals surface area contributed by atoms with E-state index in [1.807, 2.05) is 30.3 Å². The molecule has 1 fully saturated rings. The van der Waals surface area contributed by atoms with E-state index in [4.69, 9.17) is 9.26 Å². The lowest BCUT2D eigenvalue weighted by molar-refractivity contribution is 0.136. The maximum atomic E-state index is 13.7. The number of thiazole rings is 1. The van der Waals surface area contributed by atoms with E-state index in [-0.39, 0.29) is 19.1 Å². The molecule has 3 rings (SSSR count). The maximum absolute atomic E-state index is 13.7. The van der Waals surface area contributed by atoms with E-state index in [1.54, 1.807) is 24.6 Å². The number of nitrogens with one attached hydrogen (secondary N) is 1. The van der Waals surface area contributed by atoms with Crippen LogP contribution in [0.4, 0.5) is 4.79 Å². The molecule has 0 bridgehead atoms. The molecule has 1 heterocycles. The van der Waals surface area contributed by atoms with Crippen molar-refractivity contribution in [3.63, 3.8) is 0 Å². The molecular formula is C18H21N2O4PS. The molecule has 0 saturated heterocycles. The quantitative estimate of drug-likeness (QED) is 0.544. The van der Waals surface area contributed by atoms with Crippen LogP contribution in [-0.2, 0) is 20.4 Å². The summed E-state index contributed by atoms with van der Waals surface area (Å²) in [5, 5.41) is 3.50. The van der Waals surface area contributed by atoms with Crippen molar-refractivity contribution in [2.24, 2.45) is 5.92 Å². The molecule has 2 aromatic rings. The van der Waals surface area contributed by atoms with Crippen LogP contribution in [0.2, 0.25) is 0 Å². The van der Waals surface area contributed by atoms with Crippen molar-refractivity contribution in [1.29, 1.82) is 0 Å². The first-order valence-electron chi connectivity index (χ1n) is 8.32. The van der Waals surface area contributed by atoms with E-state index < -0.39 is 18.7 Å². The molecule has 1 N–H and O–H groups in total. The number of benzene rings is 1. The van der Waals surface area contributed by atoms with Crippen LogP contribution in [0.3, 0.4) is 0 Å². The highest BCUT2D eigenvalue weighted by Gasteiger charge is 2.68. The SMILES string of the molecule is C=C[C@@H]1C[C@]1(NC(=O)OCc1ccccc1)P(=O)(OCC)c1nccs1. The van der Waals surface area contributed by atoms with E-state index in [0.29, 0.717) is 11.2 Å². The number of hydrogen-bond donors (Lipinski definition) is 1.